The normalized spacial score (nSPS) is 19.6. The fraction of sp³-hybridized carbons (Fsp3) is 0.381. The van der Waals surface area contributed by atoms with Gasteiger partial charge in [-0.3, -0.25) is 4.79 Å². The molecule has 1 aromatic carbocycles. The van der Waals surface area contributed by atoms with Crippen molar-refractivity contribution in [1.82, 2.24) is 0 Å². The van der Waals surface area contributed by atoms with Crippen LogP contribution < -0.4 is 14.8 Å². The molecule has 29 heavy (non-hydrogen) atoms. The first kappa shape index (κ1) is 19.3. The number of amides is 1. The summed E-state index contributed by atoms with van der Waals surface area (Å²) in [5.74, 6) is 0.435. The van der Waals surface area contributed by atoms with Crippen molar-refractivity contribution in [1.29, 1.82) is 5.26 Å². The second kappa shape index (κ2) is 8.13. The Kier molecular flexibility index (Phi) is 5.41. The Balaban J connectivity index is 1.34. The van der Waals surface area contributed by atoms with Gasteiger partial charge in [0.15, 0.2) is 18.1 Å². The van der Waals surface area contributed by atoms with Crippen LogP contribution in [-0.2, 0) is 27.2 Å². The van der Waals surface area contributed by atoms with Crippen LogP contribution >= 0.6 is 11.3 Å². The Hall–Kier alpha value is -3.05. The monoisotopic (exact) mass is 412 g/mol. The van der Waals surface area contributed by atoms with Gasteiger partial charge < -0.3 is 19.5 Å². The molecular weight excluding hydrogens is 392 g/mol. The van der Waals surface area contributed by atoms with Crippen LogP contribution in [-0.4, -0.2) is 31.2 Å². The van der Waals surface area contributed by atoms with E-state index < -0.39 is 24.6 Å². The molecular formula is C21H20N2O5S. The highest BCUT2D eigenvalue weighted by Crippen LogP contribution is 2.39. The van der Waals surface area contributed by atoms with Crippen LogP contribution in [0.3, 0.4) is 0 Å². The van der Waals surface area contributed by atoms with E-state index >= 15 is 0 Å². The summed E-state index contributed by atoms with van der Waals surface area (Å²) in [4.78, 5) is 25.7. The number of hydrogen-bond acceptors (Lipinski definition) is 7. The van der Waals surface area contributed by atoms with Crippen molar-refractivity contribution >= 4 is 28.2 Å². The van der Waals surface area contributed by atoms with E-state index in [1.807, 2.05) is 6.07 Å². The Labute approximate surface area is 172 Å². The Bertz CT molecular complexity index is 993. The van der Waals surface area contributed by atoms with Crippen molar-refractivity contribution in [3.8, 4) is 17.6 Å². The number of carbonyl (C=O) groups is 2. The molecule has 1 aliphatic heterocycles. The van der Waals surface area contributed by atoms with Gasteiger partial charge in [-0.15, -0.1) is 11.3 Å². The maximum atomic E-state index is 12.3. The van der Waals surface area contributed by atoms with Crippen LogP contribution in [0.1, 0.15) is 29.3 Å². The average Bonchev–Trinajstić information content (AvgIpc) is 3.07. The van der Waals surface area contributed by atoms with Gasteiger partial charge in [0.05, 0.1) is 5.56 Å². The molecule has 1 aromatic heterocycles. The van der Waals surface area contributed by atoms with Crippen molar-refractivity contribution in [3.05, 3.63) is 40.3 Å². The van der Waals surface area contributed by atoms with E-state index in [1.54, 1.807) is 18.2 Å². The number of rotatable bonds is 4. The number of ether oxygens (including phenoxy) is 3. The summed E-state index contributed by atoms with van der Waals surface area (Å²) >= 11 is 1.43. The Morgan fingerprint density at radius 2 is 2.14 bits per heavy atom. The Morgan fingerprint density at radius 1 is 1.34 bits per heavy atom. The van der Waals surface area contributed by atoms with E-state index in [-0.39, 0.29) is 6.61 Å². The van der Waals surface area contributed by atoms with E-state index in [2.05, 4.69) is 18.3 Å². The number of esters is 1. The zero-order chi connectivity index (χ0) is 20.4. The zero-order valence-electron chi connectivity index (χ0n) is 15.9. The molecule has 1 N–H and O–H groups in total. The van der Waals surface area contributed by atoms with Gasteiger partial charge in [-0.25, -0.2) is 4.79 Å². The van der Waals surface area contributed by atoms with E-state index in [0.29, 0.717) is 28.0 Å². The van der Waals surface area contributed by atoms with Crippen molar-refractivity contribution in [3.63, 3.8) is 0 Å². The number of thiophene rings is 1. The van der Waals surface area contributed by atoms with Gasteiger partial charge in [0, 0.05) is 4.88 Å². The number of hydrogen-bond donors (Lipinski definition) is 1. The molecule has 0 bridgehead atoms. The summed E-state index contributed by atoms with van der Waals surface area (Å²) in [7, 11) is 0. The molecule has 0 unspecified atom stereocenters. The van der Waals surface area contributed by atoms with Gasteiger partial charge in [0.25, 0.3) is 5.91 Å². The van der Waals surface area contributed by atoms with Crippen molar-refractivity contribution in [2.45, 2.75) is 32.3 Å². The Morgan fingerprint density at radius 3 is 2.93 bits per heavy atom. The van der Waals surface area contributed by atoms with Crippen LogP contribution in [0.5, 0.6) is 11.5 Å². The summed E-state index contributed by atoms with van der Waals surface area (Å²) in [5.41, 5.74) is 1.56. The topological polar surface area (TPSA) is 97.7 Å². The summed E-state index contributed by atoms with van der Waals surface area (Å²) in [5, 5.41) is 12.7. The predicted octanol–water partition coefficient (Wildman–Crippen LogP) is 3.07. The molecule has 4 rings (SSSR count). The van der Waals surface area contributed by atoms with E-state index in [1.165, 1.54) is 11.3 Å². The lowest BCUT2D eigenvalue weighted by atomic mass is 9.89. The molecule has 0 fully saturated rings. The summed E-state index contributed by atoms with van der Waals surface area (Å²) in [6.45, 7) is 1.75. The lowest BCUT2D eigenvalue weighted by Gasteiger charge is -2.24. The molecule has 1 amide bonds. The SMILES string of the molecule is C[C@H]1CCc2c(sc(NC(=O)COC(=O)[C@H]3COc4ccccc4O3)c2C#N)C1. The number of fused-ring (bicyclic) bond motifs is 2. The molecule has 0 saturated carbocycles. The molecule has 0 saturated heterocycles. The van der Waals surface area contributed by atoms with Crippen LogP contribution in [0.25, 0.3) is 0 Å². The van der Waals surface area contributed by atoms with Crippen molar-refractivity contribution in [2.24, 2.45) is 5.92 Å². The summed E-state index contributed by atoms with van der Waals surface area (Å²) in [6.07, 6.45) is 1.87. The fourth-order valence-corrected chi connectivity index (χ4v) is 4.86. The molecule has 0 radical (unpaired) electrons. The summed E-state index contributed by atoms with van der Waals surface area (Å²) in [6, 6.07) is 9.23. The number of anilines is 1. The lowest BCUT2D eigenvalue weighted by Crippen LogP contribution is -2.39. The molecule has 2 aliphatic rings. The number of nitrogens with zero attached hydrogens (tertiary/aromatic N) is 1. The van der Waals surface area contributed by atoms with E-state index in [9.17, 15) is 14.9 Å². The van der Waals surface area contributed by atoms with Crippen LogP contribution in [0.2, 0.25) is 0 Å². The minimum absolute atomic E-state index is 0.0197. The number of nitriles is 1. The molecule has 2 heterocycles. The third kappa shape index (κ3) is 4.05. The second-order valence-electron chi connectivity index (χ2n) is 7.19. The third-order valence-corrected chi connectivity index (χ3v) is 6.16. The largest absolute Gasteiger partial charge is 0.485 e. The number of para-hydroxylation sites is 2. The lowest BCUT2D eigenvalue weighted by molar-refractivity contribution is -0.156. The molecule has 2 atom stereocenters. The standard InChI is InChI=1S/C21H20N2O5S/c1-12-6-7-13-14(9-22)20(29-18(13)8-12)23-19(24)11-27-21(25)17-10-26-15-4-2-3-5-16(15)28-17/h2-5,12,17H,6-8,10-11H2,1H3,(H,23,24)/t12-,17+/m0/s1. The predicted molar refractivity (Wildman–Crippen MR) is 106 cm³/mol. The quantitative estimate of drug-likeness (QED) is 0.775. The van der Waals surface area contributed by atoms with E-state index in [4.69, 9.17) is 14.2 Å². The fourth-order valence-electron chi connectivity index (χ4n) is 3.49. The van der Waals surface area contributed by atoms with Crippen LogP contribution in [0.15, 0.2) is 24.3 Å². The third-order valence-electron chi connectivity index (χ3n) is 4.99. The van der Waals surface area contributed by atoms with Gasteiger partial charge in [-0.1, -0.05) is 19.1 Å². The molecule has 8 heteroatoms. The second-order valence-corrected chi connectivity index (χ2v) is 8.29. The van der Waals surface area contributed by atoms with Crippen molar-refractivity contribution < 1.29 is 23.8 Å². The molecule has 0 spiro atoms. The minimum atomic E-state index is -0.928. The molecule has 1 aliphatic carbocycles. The number of carbonyl (C=O) groups excluding carboxylic acids is 2. The van der Waals surface area contributed by atoms with Gasteiger partial charge in [0.1, 0.15) is 17.7 Å². The van der Waals surface area contributed by atoms with Gasteiger partial charge in [-0.05, 0) is 42.9 Å². The minimum Gasteiger partial charge on any atom is -0.485 e. The first-order valence-electron chi connectivity index (χ1n) is 9.44. The van der Waals surface area contributed by atoms with E-state index in [0.717, 1.165) is 29.7 Å². The maximum Gasteiger partial charge on any atom is 0.351 e. The van der Waals surface area contributed by atoms with Gasteiger partial charge in [0.2, 0.25) is 6.10 Å². The highest BCUT2D eigenvalue weighted by molar-refractivity contribution is 7.16. The van der Waals surface area contributed by atoms with Gasteiger partial charge >= 0.3 is 5.97 Å². The number of benzene rings is 1. The van der Waals surface area contributed by atoms with Crippen LogP contribution in [0.4, 0.5) is 5.00 Å². The maximum absolute atomic E-state index is 12.3. The molecule has 7 nitrogen and oxygen atoms in total. The molecule has 2 aromatic rings. The first-order chi connectivity index (χ1) is 14.0. The molecule has 150 valence electrons. The number of nitrogens with one attached hydrogen (secondary N) is 1. The van der Waals surface area contributed by atoms with Crippen molar-refractivity contribution in [2.75, 3.05) is 18.5 Å². The highest BCUT2D eigenvalue weighted by Gasteiger charge is 2.29. The van der Waals surface area contributed by atoms with Gasteiger partial charge in [-0.2, -0.15) is 5.26 Å². The smallest absolute Gasteiger partial charge is 0.351 e. The average molecular weight is 412 g/mol. The summed E-state index contributed by atoms with van der Waals surface area (Å²) < 4.78 is 16.1. The highest BCUT2D eigenvalue weighted by atomic mass is 32.1. The first-order valence-corrected chi connectivity index (χ1v) is 10.3. The zero-order valence-corrected chi connectivity index (χ0v) is 16.7. The van der Waals surface area contributed by atoms with Crippen LogP contribution in [0, 0.1) is 17.2 Å².